The summed E-state index contributed by atoms with van der Waals surface area (Å²) in [6.45, 7) is 0. The lowest BCUT2D eigenvalue weighted by Gasteiger charge is -2.32. The second kappa shape index (κ2) is 3.06. The molecule has 0 aromatic heterocycles. The Labute approximate surface area is 97.9 Å². The van der Waals surface area contributed by atoms with Crippen molar-refractivity contribution in [3.63, 3.8) is 0 Å². The van der Waals surface area contributed by atoms with Gasteiger partial charge in [-0.25, -0.2) is 9.18 Å². The maximum Gasteiger partial charge on any atom is 0.346 e. The summed E-state index contributed by atoms with van der Waals surface area (Å²) >= 11 is 0. The highest BCUT2D eigenvalue weighted by molar-refractivity contribution is 6.06. The molecule has 1 heterocycles. The minimum atomic E-state index is -0.653. The van der Waals surface area contributed by atoms with Crippen LogP contribution in [0.15, 0.2) is 23.2 Å². The van der Waals surface area contributed by atoms with E-state index in [1.54, 1.807) is 18.0 Å². The zero-order chi connectivity index (χ0) is 12.2. The number of aryl methyl sites for hydroxylation is 1. The number of aliphatic imine (C=N–C) groups is 1. The van der Waals surface area contributed by atoms with Crippen molar-refractivity contribution in [1.29, 1.82) is 0 Å². The number of halogens is 1. The van der Waals surface area contributed by atoms with Crippen LogP contribution < -0.4 is 5.73 Å². The second-order valence-corrected chi connectivity index (χ2v) is 4.50. The van der Waals surface area contributed by atoms with Crippen LogP contribution in [0.3, 0.4) is 0 Å². The largest absolute Gasteiger partial charge is 0.385 e. The SMILES string of the molecule is CN1C(=O)N=C(N)C12CCc1cc(F)ccc12. The topological polar surface area (TPSA) is 58.7 Å². The van der Waals surface area contributed by atoms with Gasteiger partial charge in [0.2, 0.25) is 0 Å². The summed E-state index contributed by atoms with van der Waals surface area (Å²) in [6.07, 6.45) is 1.38. The molecule has 1 aliphatic carbocycles. The number of carbonyl (C=O) groups excluding carboxylic acids is 1. The fourth-order valence-corrected chi connectivity index (χ4v) is 2.84. The molecule has 17 heavy (non-hydrogen) atoms. The monoisotopic (exact) mass is 233 g/mol. The van der Waals surface area contributed by atoms with E-state index < -0.39 is 5.54 Å². The second-order valence-electron chi connectivity index (χ2n) is 4.50. The molecular weight excluding hydrogens is 221 g/mol. The molecule has 1 spiro atoms. The summed E-state index contributed by atoms with van der Waals surface area (Å²) in [7, 11) is 1.68. The molecule has 2 amide bonds. The van der Waals surface area contributed by atoms with Gasteiger partial charge in [-0.2, -0.15) is 4.99 Å². The van der Waals surface area contributed by atoms with Crippen LogP contribution >= 0.6 is 0 Å². The number of amides is 2. The van der Waals surface area contributed by atoms with Gasteiger partial charge in [0.1, 0.15) is 17.2 Å². The van der Waals surface area contributed by atoms with E-state index in [9.17, 15) is 9.18 Å². The molecule has 2 aliphatic rings. The van der Waals surface area contributed by atoms with E-state index in [0.29, 0.717) is 18.7 Å². The third kappa shape index (κ3) is 1.11. The Morgan fingerprint density at radius 3 is 2.94 bits per heavy atom. The summed E-state index contributed by atoms with van der Waals surface area (Å²) in [5.41, 5.74) is 7.05. The first-order chi connectivity index (χ1) is 8.05. The molecule has 0 bridgehead atoms. The van der Waals surface area contributed by atoms with Crippen molar-refractivity contribution in [1.82, 2.24) is 4.90 Å². The highest BCUT2D eigenvalue weighted by Crippen LogP contribution is 2.44. The van der Waals surface area contributed by atoms with Crippen molar-refractivity contribution < 1.29 is 9.18 Å². The first-order valence-electron chi connectivity index (χ1n) is 5.47. The van der Waals surface area contributed by atoms with Gasteiger partial charge in [0, 0.05) is 7.05 Å². The quantitative estimate of drug-likeness (QED) is 0.736. The van der Waals surface area contributed by atoms with Crippen LogP contribution in [0, 0.1) is 5.82 Å². The van der Waals surface area contributed by atoms with Crippen LogP contribution in [-0.4, -0.2) is 23.8 Å². The number of amidine groups is 1. The van der Waals surface area contributed by atoms with Crippen LogP contribution in [0.2, 0.25) is 0 Å². The maximum atomic E-state index is 13.2. The fourth-order valence-electron chi connectivity index (χ4n) is 2.84. The van der Waals surface area contributed by atoms with Crippen molar-refractivity contribution in [3.05, 3.63) is 35.1 Å². The third-order valence-corrected chi connectivity index (χ3v) is 3.77. The molecule has 1 aromatic rings. The Morgan fingerprint density at radius 2 is 2.29 bits per heavy atom. The predicted molar refractivity (Wildman–Crippen MR) is 61.2 cm³/mol. The molecule has 1 aliphatic heterocycles. The number of carbonyl (C=O) groups is 1. The van der Waals surface area contributed by atoms with Crippen LogP contribution in [0.25, 0.3) is 0 Å². The zero-order valence-corrected chi connectivity index (χ0v) is 9.40. The summed E-state index contributed by atoms with van der Waals surface area (Å²) < 4.78 is 13.2. The van der Waals surface area contributed by atoms with Crippen LogP contribution in [0.4, 0.5) is 9.18 Å². The van der Waals surface area contributed by atoms with Crippen LogP contribution in [0.5, 0.6) is 0 Å². The van der Waals surface area contributed by atoms with Gasteiger partial charge in [-0.3, -0.25) is 0 Å². The number of nitrogens with zero attached hydrogens (tertiary/aromatic N) is 2. The van der Waals surface area contributed by atoms with Crippen molar-refractivity contribution in [3.8, 4) is 0 Å². The fraction of sp³-hybridized carbons (Fsp3) is 0.333. The lowest BCUT2D eigenvalue weighted by molar-refractivity contribution is 0.190. The lowest BCUT2D eigenvalue weighted by atomic mass is 9.90. The van der Waals surface area contributed by atoms with Gasteiger partial charge in [0.05, 0.1) is 0 Å². The molecule has 88 valence electrons. The highest BCUT2D eigenvalue weighted by atomic mass is 19.1. The Balaban J connectivity index is 2.21. The Morgan fingerprint density at radius 1 is 1.53 bits per heavy atom. The number of hydrogen-bond acceptors (Lipinski definition) is 2. The van der Waals surface area contributed by atoms with E-state index in [1.165, 1.54) is 12.1 Å². The summed E-state index contributed by atoms with van der Waals surface area (Å²) in [6, 6.07) is 4.28. The first-order valence-corrected chi connectivity index (χ1v) is 5.47. The van der Waals surface area contributed by atoms with Crippen molar-refractivity contribution in [2.75, 3.05) is 7.05 Å². The molecule has 0 fully saturated rings. The summed E-state index contributed by atoms with van der Waals surface area (Å²) in [5, 5.41) is 0. The molecule has 1 unspecified atom stereocenters. The van der Waals surface area contributed by atoms with Gasteiger partial charge in [-0.15, -0.1) is 0 Å². The number of likely N-dealkylation sites (N-methyl/N-ethyl adjacent to an activating group) is 1. The van der Waals surface area contributed by atoms with Gasteiger partial charge in [-0.05, 0) is 36.1 Å². The van der Waals surface area contributed by atoms with Crippen molar-refractivity contribution in [2.45, 2.75) is 18.4 Å². The third-order valence-electron chi connectivity index (χ3n) is 3.77. The van der Waals surface area contributed by atoms with E-state index in [2.05, 4.69) is 4.99 Å². The van der Waals surface area contributed by atoms with E-state index >= 15 is 0 Å². The molecule has 0 saturated heterocycles. The average Bonchev–Trinajstić information content (AvgIpc) is 2.75. The van der Waals surface area contributed by atoms with E-state index in [4.69, 9.17) is 5.73 Å². The van der Waals surface area contributed by atoms with Gasteiger partial charge in [0.25, 0.3) is 0 Å². The molecule has 0 saturated carbocycles. The Bertz CT molecular complexity index is 555. The zero-order valence-electron chi connectivity index (χ0n) is 9.40. The van der Waals surface area contributed by atoms with Gasteiger partial charge < -0.3 is 10.6 Å². The summed E-state index contributed by atoms with van der Waals surface area (Å²) in [5.74, 6) is 0.0543. The molecule has 1 atom stereocenters. The Kier molecular flexibility index (Phi) is 1.85. The number of benzene rings is 1. The molecule has 0 radical (unpaired) electrons. The number of rotatable bonds is 0. The van der Waals surface area contributed by atoms with Crippen molar-refractivity contribution in [2.24, 2.45) is 10.7 Å². The van der Waals surface area contributed by atoms with Crippen LogP contribution in [0.1, 0.15) is 17.5 Å². The van der Waals surface area contributed by atoms with E-state index in [-0.39, 0.29) is 11.8 Å². The molecule has 5 heteroatoms. The van der Waals surface area contributed by atoms with Gasteiger partial charge >= 0.3 is 6.03 Å². The minimum Gasteiger partial charge on any atom is -0.385 e. The van der Waals surface area contributed by atoms with Gasteiger partial charge in [0.15, 0.2) is 0 Å². The van der Waals surface area contributed by atoms with E-state index in [1.807, 2.05) is 0 Å². The number of urea groups is 1. The van der Waals surface area contributed by atoms with Gasteiger partial charge in [-0.1, -0.05) is 6.07 Å². The Hall–Kier alpha value is -1.91. The first kappa shape index (κ1) is 10.3. The molecule has 4 nitrogen and oxygen atoms in total. The molecule has 3 rings (SSSR count). The number of fused-ring (bicyclic) bond motifs is 2. The molecule has 1 aromatic carbocycles. The predicted octanol–water partition coefficient (Wildman–Crippen LogP) is 1.39. The van der Waals surface area contributed by atoms with Crippen molar-refractivity contribution >= 4 is 11.9 Å². The maximum absolute atomic E-state index is 13.2. The normalized spacial score (nSPS) is 26.6. The van der Waals surface area contributed by atoms with E-state index in [0.717, 1.165) is 11.1 Å². The smallest absolute Gasteiger partial charge is 0.346 e. The lowest BCUT2D eigenvalue weighted by Crippen LogP contribution is -2.48. The molecular formula is C12H12FN3O. The molecule has 2 N–H and O–H groups in total. The van der Waals surface area contributed by atoms with Crippen LogP contribution in [-0.2, 0) is 12.0 Å². The summed E-state index contributed by atoms with van der Waals surface area (Å²) in [4.78, 5) is 17.0. The number of nitrogens with two attached hydrogens (primary N) is 1. The number of hydrogen-bond donors (Lipinski definition) is 1. The average molecular weight is 233 g/mol. The standard InChI is InChI=1S/C12H12FN3O/c1-16-11(17)15-10(14)12(16)5-4-7-6-8(13)2-3-9(7)12/h2-3,6H,4-5H2,1H3,(H2,14,15,17). The highest BCUT2D eigenvalue weighted by Gasteiger charge is 2.51. The minimum absolute atomic E-state index is 0.261.